The number of rotatable bonds is 9. The van der Waals surface area contributed by atoms with E-state index in [1.165, 1.54) is 4.68 Å². The van der Waals surface area contributed by atoms with Crippen LogP contribution in [0.4, 0.5) is 5.82 Å². The third-order valence-electron chi connectivity index (χ3n) is 5.30. The maximum Gasteiger partial charge on any atom is 0.231 e. The number of anilines is 1. The quantitative estimate of drug-likeness (QED) is 0.242. The van der Waals surface area contributed by atoms with Crippen molar-refractivity contribution in [3.8, 4) is 28.6 Å². The van der Waals surface area contributed by atoms with Crippen molar-refractivity contribution >= 4 is 29.0 Å². The molecule has 2 aromatic heterocycles. The topological polar surface area (TPSA) is 101 Å². The third kappa shape index (κ3) is 5.45. The van der Waals surface area contributed by atoms with E-state index in [1.54, 1.807) is 24.4 Å². The summed E-state index contributed by atoms with van der Waals surface area (Å²) in [5.41, 5.74) is 8.43. The van der Waals surface area contributed by atoms with Gasteiger partial charge in [-0.15, -0.1) is 0 Å². The van der Waals surface area contributed by atoms with Crippen molar-refractivity contribution < 1.29 is 14.0 Å². The zero-order valence-corrected chi connectivity index (χ0v) is 20.5. The van der Waals surface area contributed by atoms with Crippen molar-refractivity contribution in [3.63, 3.8) is 0 Å². The number of nitrogens with zero attached hydrogens (tertiary/aromatic N) is 4. The summed E-state index contributed by atoms with van der Waals surface area (Å²) in [6.45, 7) is 0.901. The molecule has 36 heavy (non-hydrogen) atoms. The van der Waals surface area contributed by atoms with Crippen LogP contribution in [0.2, 0.25) is 10.0 Å². The lowest BCUT2D eigenvalue weighted by molar-refractivity contribution is 0.217. The van der Waals surface area contributed by atoms with Crippen molar-refractivity contribution in [3.05, 3.63) is 100 Å². The molecule has 0 radical (unpaired) electrons. The molecule has 0 amide bonds. The molecular formula is C26H21Cl2N5O3. The molecule has 0 saturated carbocycles. The summed E-state index contributed by atoms with van der Waals surface area (Å²) in [6, 6.07) is 22.4. The number of halogens is 2. The average molecular weight is 522 g/mol. The Morgan fingerprint density at radius 2 is 1.61 bits per heavy atom. The Balaban J connectivity index is 1.19. The summed E-state index contributed by atoms with van der Waals surface area (Å²) in [7, 11) is 0. The number of nitrogens with two attached hydrogens (primary N) is 1. The smallest absolute Gasteiger partial charge is 0.231 e. The summed E-state index contributed by atoms with van der Waals surface area (Å²) in [4.78, 5) is 4.48. The van der Waals surface area contributed by atoms with E-state index in [0.717, 1.165) is 17.1 Å². The number of ether oxygens (including phenoxy) is 2. The number of hydrogen-bond acceptors (Lipinski definition) is 7. The van der Waals surface area contributed by atoms with E-state index in [4.69, 9.17) is 42.9 Å². The molecule has 0 unspecified atom stereocenters. The number of benzene rings is 3. The molecule has 0 bridgehead atoms. The van der Waals surface area contributed by atoms with Gasteiger partial charge in [-0.05, 0) is 48.0 Å². The minimum Gasteiger partial charge on any atom is -0.490 e. The van der Waals surface area contributed by atoms with Crippen molar-refractivity contribution in [2.75, 3.05) is 18.9 Å². The van der Waals surface area contributed by atoms with Gasteiger partial charge < -0.3 is 19.7 Å². The van der Waals surface area contributed by atoms with Crippen molar-refractivity contribution in [1.82, 2.24) is 19.9 Å². The molecule has 5 aromatic rings. The second-order valence-corrected chi connectivity index (χ2v) is 8.64. The standard InChI is InChI=1S/C26H21Cl2N5O3/c27-18-8-11-23(22(28)15-18)33-25(29)21(16-30-33)26-31-24(36-32-26)14-17-6-9-20(10-7-17)35-13-12-34-19-4-2-1-3-5-19/h1-11,15-16H,12-14,29H2. The molecule has 0 atom stereocenters. The molecule has 0 spiro atoms. The Morgan fingerprint density at radius 1 is 0.889 bits per heavy atom. The lowest BCUT2D eigenvalue weighted by Gasteiger charge is -2.08. The average Bonchev–Trinajstić information content (AvgIpc) is 3.50. The van der Waals surface area contributed by atoms with Gasteiger partial charge in [0.2, 0.25) is 11.7 Å². The predicted molar refractivity (Wildman–Crippen MR) is 138 cm³/mol. The van der Waals surface area contributed by atoms with Crippen LogP contribution < -0.4 is 15.2 Å². The Morgan fingerprint density at radius 3 is 2.33 bits per heavy atom. The highest BCUT2D eigenvalue weighted by Gasteiger charge is 2.18. The van der Waals surface area contributed by atoms with Crippen molar-refractivity contribution in [2.24, 2.45) is 0 Å². The fourth-order valence-electron chi connectivity index (χ4n) is 3.53. The number of nitrogen functional groups attached to an aromatic ring is 1. The molecule has 182 valence electrons. The molecule has 2 N–H and O–H groups in total. The Bertz CT molecular complexity index is 1450. The van der Waals surface area contributed by atoms with E-state index in [9.17, 15) is 0 Å². The second-order valence-electron chi connectivity index (χ2n) is 7.79. The van der Waals surface area contributed by atoms with Gasteiger partial charge in [0.1, 0.15) is 30.5 Å². The SMILES string of the molecule is Nc1c(-c2noc(Cc3ccc(OCCOc4ccccc4)cc3)n2)cnn1-c1ccc(Cl)cc1Cl. The van der Waals surface area contributed by atoms with Gasteiger partial charge in [0.05, 0.1) is 28.9 Å². The molecule has 0 aliphatic rings. The minimum atomic E-state index is 0.337. The van der Waals surface area contributed by atoms with E-state index >= 15 is 0 Å². The van der Waals surface area contributed by atoms with Gasteiger partial charge in [0.25, 0.3) is 0 Å². The van der Waals surface area contributed by atoms with Crippen LogP contribution in [-0.2, 0) is 6.42 Å². The third-order valence-corrected chi connectivity index (χ3v) is 5.83. The Hall–Kier alpha value is -4.01. The molecule has 0 aliphatic heterocycles. The van der Waals surface area contributed by atoms with Gasteiger partial charge >= 0.3 is 0 Å². The molecule has 5 rings (SSSR count). The summed E-state index contributed by atoms with van der Waals surface area (Å²) >= 11 is 12.3. The largest absolute Gasteiger partial charge is 0.490 e. The number of hydrogen-bond donors (Lipinski definition) is 1. The van der Waals surface area contributed by atoms with E-state index in [0.29, 0.717) is 58.5 Å². The first kappa shape index (κ1) is 23.7. The maximum absolute atomic E-state index is 6.30. The predicted octanol–water partition coefficient (Wildman–Crippen LogP) is 5.86. The summed E-state index contributed by atoms with van der Waals surface area (Å²) in [5, 5.41) is 9.34. The highest BCUT2D eigenvalue weighted by atomic mass is 35.5. The van der Waals surface area contributed by atoms with Crippen molar-refractivity contribution in [2.45, 2.75) is 6.42 Å². The molecule has 0 fully saturated rings. The molecule has 10 heteroatoms. The lowest BCUT2D eigenvalue weighted by Crippen LogP contribution is -2.08. The zero-order chi connectivity index (χ0) is 24.9. The van der Waals surface area contributed by atoms with E-state index in [2.05, 4.69) is 15.2 Å². The summed E-state index contributed by atoms with van der Waals surface area (Å²) in [6.07, 6.45) is 2.03. The fourth-order valence-corrected chi connectivity index (χ4v) is 4.01. The van der Waals surface area contributed by atoms with Gasteiger partial charge in [-0.3, -0.25) is 0 Å². The molecule has 2 heterocycles. The van der Waals surface area contributed by atoms with Gasteiger partial charge in [-0.2, -0.15) is 10.1 Å². The van der Waals surface area contributed by atoms with E-state index in [-0.39, 0.29) is 0 Å². The fraction of sp³-hybridized carbons (Fsp3) is 0.115. The summed E-state index contributed by atoms with van der Waals surface area (Å²) in [5.74, 6) is 2.70. The van der Waals surface area contributed by atoms with Crippen LogP contribution in [-0.4, -0.2) is 33.1 Å². The second kappa shape index (κ2) is 10.7. The first-order chi connectivity index (χ1) is 17.6. The first-order valence-electron chi connectivity index (χ1n) is 11.1. The van der Waals surface area contributed by atoms with Crippen LogP contribution in [0, 0.1) is 0 Å². The monoisotopic (exact) mass is 521 g/mol. The highest BCUT2D eigenvalue weighted by Crippen LogP contribution is 2.30. The molecule has 0 aliphatic carbocycles. The van der Waals surface area contributed by atoms with Crippen LogP contribution >= 0.6 is 23.2 Å². The molecule has 8 nitrogen and oxygen atoms in total. The van der Waals surface area contributed by atoms with Crippen LogP contribution in [0.15, 0.2) is 83.5 Å². The molecule has 3 aromatic carbocycles. The number of para-hydroxylation sites is 1. The normalized spacial score (nSPS) is 10.9. The van der Waals surface area contributed by atoms with Gasteiger partial charge in [-0.25, -0.2) is 4.68 Å². The zero-order valence-electron chi connectivity index (χ0n) is 19.0. The maximum atomic E-state index is 6.30. The first-order valence-corrected chi connectivity index (χ1v) is 11.8. The van der Waals surface area contributed by atoms with Crippen LogP contribution in [0.3, 0.4) is 0 Å². The lowest BCUT2D eigenvalue weighted by atomic mass is 10.1. The van der Waals surface area contributed by atoms with Crippen molar-refractivity contribution in [1.29, 1.82) is 0 Å². The van der Waals surface area contributed by atoms with Gasteiger partial charge in [0, 0.05) is 5.02 Å². The van der Waals surface area contributed by atoms with Gasteiger partial charge in [-0.1, -0.05) is 58.7 Å². The minimum absolute atomic E-state index is 0.337. The van der Waals surface area contributed by atoms with Crippen LogP contribution in [0.5, 0.6) is 11.5 Å². The Labute approximate surface area is 217 Å². The van der Waals surface area contributed by atoms with Crippen LogP contribution in [0.25, 0.3) is 17.1 Å². The highest BCUT2D eigenvalue weighted by molar-refractivity contribution is 6.35. The van der Waals surface area contributed by atoms with E-state index in [1.807, 2.05) is 54.6 Å². The Kier molecular flexibility index (Phi) is 7.06. The molecular weight excluding hydrogens is 501 g/mol. The van der Waals surface area contributed by atoms with Crippen LogP contribution in [0.1, 0.15) is 11.5 Å². The van der Waals surface area contributed by atoms with E-state index < -0.39 is 0 Å². The summed E-state index contributed by atoms with van der Waals surface area (Å²) < 4.78 is 18.3. The van der Waals surface area contributed by atoms with Gasteiger partial charge in [0.15, 0.2) is 0 Å². The molecule has 0 saturated heterocycles. The number of aromatic nitrogens is 4.